The number of nitrogens with one attached hydrogen (secondary N) is 1. The lowest BCUT2D eigenvalue weighted by atomic mass is 10.0. The SMILES string of the molecule is CCc1cccc(CC)c1-n1c(O)c(F)c(=O)[nH]c1=O. The van der Waals surface area contributed by atoms with Crippen LogP contribution < -0.4 is 11.2 Å². The molecule has 0 amide bonds. The van der Waals surface area contributed by atoms with Crippen molar-refractivity contribution < 1.29 is 9.50 Å². The summed E-state index contributed by atoms with van der Waals surface area (Å²) in [7, 11) is 0. The molecule has 0 fully saturated rings. The molecule has 1 heterocycles. The molecule has 0 unspecified atom stereocenters. The van der Waals surface area contributed by atoms with Crippen LogP contribution in [0.5, 0.6) is 5.88 Å². The van der Waals surface area contributed by atoms with Crippen molar-refractivity contribution in [1.82, 2.24) is 9.55 Å². The van der Waals surface area contributed by atoms with E-state index in [0.29, 0.717) is 18.5 Å². The third-order valence-corrected chi connectivity index (χ3v) is 3.22. The molecule has 5 nitrogen and oxygen atoms in total. The van der Waals surface area contributed by atoms with E-state index in [4.69, 9.17) is 0 Å². The van der Waals surface area contributed by atoms with Crippen molar-refractivity contribution in [3.05, 3.63) is 56.0 Å². The number of para-hydroxylation sites is 1. The summed E-state index contributed by atoms with van der Waals surface area (Å²) in [6, 6.07) is 5.43. The third kappa shape index (κ3) is 2.13. The Hall–Kier alpha value is -2.37. The lowest BCUT2D eigenvalue weighted by Crippen LogP contribution is -2.32. The zero-order valence-electron chi connectivity index (χ0n) is 11.2. The average molecular weight is 278 g/mol. The van der Waals surface area contributed by atoms with Crippen LogP contribution in [0, 0.1) is 5.82 Å². The Kier molecular flexibility index (Phi) is 3.74. The van der Waals surface area contributed by atoms with Crippen molar-refractivity contribution in [3.8, 4) is 11.6 Å². The Bertz CT molecular complexity index is 740. The maximum Gasteiger partial charge on any atom is 0.335 e. The number of aromatic amines is 1. The lowest BCUT2D eigenvalue weighted by Gasteiger charge is -2.16. The maximum atomic E-state index is 13.6. The van der Waals surface area contributed by atoms with E-state index in [0.717, 1.165) is 15.7 Å². The van der Waals surface area contributed by atoms with E-state index in [2.05, 4.69) is 0 Å². The van der Waals surface area contributed by atoms with Gasteiger partial charge in [0.2, 0.25) is 11.7 Å². The molecule has 0 aliphatic carbocycles. The smallest absolute Gasteiger partial charge is 0.335 e. The predicted molar refractivity (Wildman–Crippen MR) is 73.0 cm³/mol. The van der Waals surface area contributed by atoms with E-state index in [1.807, 2.05) is 24.9 Å². The zero-order valence-corrected chi connectivity index (χ0v) is 11.2. The van der Waals surface area contributed by atoms with Gasteiger partial charge in [-0.3, -0.25) is 9.78 Å². The number of aromatic nitrogens is 2. The minimum atomic E-state index is -1.36. The second-order valence-corrected chi connectivity index (χ2v) is 4.36. The van der Waals surface area contributed by atoms with Crippen LogP contribution in [-0.4, -0.2) is 14.7 Å². The van der Waals surface area contributed by atoms with Gasteiger partial charge in [0.25, 0.3) is 5.56 Å². The van der Waals surface area contributed by atoms with E-state index in [1.54, 1.807) is 12.1 Å². The van der Waals surface area contributed by atoms with Gasteiger partial charge in [-0.2, -0.15) is 4.39 Å². The number of hydrogen-bond donors (Lipinski definition) is 2. The molecule has 20 heavy (non-hydrogen) atoms. The molecule has 2 aromatic rings. The predicted octanol–water partition coefficient (Wildman–Crippen LogP) is 1.50. The van der Waals surface area contributed by atoms with Gasteiger partial charge in [-0.25, -0.2) is 9.36 Å². The van der Waals surface area contributed by atoms with Gasteiger partial charge in [-0.05, 0) is 24.0 Å². The highest BCUT2D eigenvalue weighted by Gasteiger charge is 2.18. The van der Waals surface area contributed by atoms with E-state index in [1.165, 1.54) is 0 Å². The van der Waals surface area contributed by atoms with Crippen LogP contribution in [0.3, 0.4) is 0 Å². The fourth-order valence-electron chi connectivity index (χ4n) is 2.21. The Labute approximate surface area is 114 Å². The normalized spacial score (nSPS) is 10.8. The number of halogens is 1. The highest BCUT2D eigenvalue weighted by molar-refractivity contribution is 5.50. The quantitative estimate of drug-likeness (QED) is 0.893. The molecule has 0 bridgehead atoms. The fraction of sp³-hybridized carbons (Fsp3) is 0.286. The second-order valence-electron chi connectivity index (χ2n) is 4.36. The van der Waals surface area contributed by atoms with Crippen LogP contribution in [0.1, 0.15) is 25.0 Å². The van der Waals surface area contributed by atoms with Gasteiger partial charge in [-0.1, -0.05) is 32.0 Å². The second kappa shape index (κ2) is 5.32. The van der Waals surface area contributed by atoms with Crippen LogP contribution in [0.15, 0.2) is 27.8 Å². The lowest BCUT2D eigenvalue weighted by molar-refractivity contribution is 0.385. The summed E-state index contributed by atoms with van der Waals surface area (Å²) in [5.41, 5.74) is -0.0863. The monoisotopic (exact) mass is 278 g/mol. The summed E-state index contributed by atoms with van der Waals surface area (Å²) in [6.07, 6.45) is 1.21. The summed E-state index contributed by atoms with van der Waals surface area (Å²) in [4.78, 5) is 24.9. The molecule has 0 atom stereocenters. The summed E-state index contributed by atoms with van der Waals surface area (Å²) in [6.45, 7) is 3.78. The standard InChI is InChI=1S/C14H15FN2O3/c1-3-8-6-5-7-9(4-2)11(8)17-13(19)10(15)12(18)16-14(17)20/h5-7,19H,3-4H2,1-2H3,(H,16,18,20). The largest absolute Gasteiger partial charge is 0.492 e. The first-order chi connectivity index (χ1) is 9.51. The third-order valence-electron chi connectivity index (χ3n) is 3.22. The van der Waals surface area contributed by atoms with Crippen LogP contribution in [0.25, 0.3) is 5.69 Å². The van der Waals surface area contributed by atoms with Crippen molar-refractivity contribution in [3.63, 3.8) is 0 Å². The maximum absolute atomic E-state index is 13.6. The number of aromatic hydroxyl groups is 1. The molecule has 2 N–H and O–H groups in total. The highest BCUT2D eigenvalue weighted by atomic mass is 19.1. The molecule has 1 aromatic heterocycles. The fourth-order valence-corrected chi connectivity index (χ4v) is 2.21. The molecule has 1 aromatic carbocycles. The average Bonchev–Trinajstić information content (AvgIpc) is 2.45. The van der Waals surface area contributed by atoms with Crippen molar-refractivity contribution >= 4 is 0 Å². The van der Waals surface area contributed by atoms with Gasteiger partial charge in [0, 0.05) is 0 Å². The molecule has 6 heteroatoms. The molecular weight excluding hydrogens is 263 g/mol. The topological polar surface area (TPSA) is 75.1 Å². The van der Waals surface area contributed by atoms with E-state index in [9.17, 15) is 19.1 Å². The number of rotatable bonds is 3. The molecule has 0 radical (unpaired) electrons. The zero-order chi connectivity index (χ0) is 14.9. The van der Waals surface area contributed by atoms with E-state index >= 15 is 0 Å². The first-order valence-electron chi connectivity index (χ1n) is 6.36. The Morgan fingerprint density at radius 2 is 1.75 bits per heavy atom. The van der Waals surface area contributed by atoms with Crippen molar-refractivity contribution in [2.45, 2.75) is 26.7 Å². The Balaban J connectivity index is 2.92. The summed E-state index contributed by atoms with van der Waals surface area (Å²) in [5, 5.41) is 9.82. The minimum absolute atomic E-state index is 0.426. The first kappa shape index (κ1) is 14.0. The molecule has 0 saturated heterocycles. The Morgan fingerprint density at radius 3 is 2.25 bits per heavy atom. The van der Waals surface area contributed by atoms with Crippen molar-refractivity contribution in [2.24, 2.45) is 0 Å². The molecule has 106 valence electrons. The summed E-state index contributed by atoms with van der Waals surface area (Å²) >= 11 is 0. The van der Waals surface area contributed by atoms with Gasteiger partial charge in [-0.15, -0.1) is 0 Å². The van der Waals surface area contributed by atoms with E-state index < -0.39 is 22.9 Å². The molecular formula is C14H15FN2O3. The number of aryl methyl sites for hydroxylation is 2. The van der Waals surface area contributed by atoms with Crippen molar-refractivity contribution in [1.29, 1.82) is 0 Å². The molecule has 0 spiro atoms. The van der Waals surface area contributed by atoms with Gasteiger partial charge in [0.1, 0.15) is 0 Å². The number of hydrogen-bond acceptors (Lipinski definition) is 3. The van der Waals surface area contributed by atoms with Gasteiger partial charge >= 0.3 is 5.69 Å². The number of H-pyrrole nitrogens is 1. The summed E-state index contributed by atoms with van der Waals surface area (Å²) in [5.74, 6) is -2.33. The van der Waals surface area contributed by atoms with Gasteiger partial charge in [0.05, 0.1) is 5.69 Å². The first-order valence-corrected chi connectivity index (χ1v) is 6.36. The molecule has 0 aliphatic rings. The summed E-state index contributed by atoms with van der Waals surface area (Å²) < 4.78 is 14.4. The van der Waals surface area contributed by atoms with Gasteiger partial charge < -0.3 is 5.11 Å². The number of benzene rings is 1. The molecule has 0 aliphatic heterocycles. The van der Waals surface area contributed by atoms with Crippen molar-refractivity contribution in [2.75, 3.05) is 0 Å². The van der Waals surface area contributed by atoms with E-state index in [-0.39, 0.29) is 0 Å². The van der Waals surface area contributed by atoms with Crippen LogP contribution in [0.4, 0.5) is 4.39 Å². The van der Waals surface area contributed by atoms with Crippen LogP contribution in [0.2, 0.25) is 0 Å². The number of nitrogens with zero attached hydrogens (tertiary/aromatic N) is 1. The molecule has 0 saturated carbocycles. The highest BCUT2D eigenvalue weighted by Crippen LogP contribution is 2.24. The van der Waals surface area contributed by atoms with Crippen LogP contribution in [-0.2, 0) is 12.8 Å². The Morgan fingerprint density at radius 1 is 1.20 bits per heavy atom. The molecule has 2 rings (SSSR count). The minimum Gasteiger partial charge on any atom is -0.492 e. The van der Waals surface area contributed by atoms with Gasteiger partial charge in [0.15, 0.2) is 0 Å². The van der Waals surface area contributed by atoms with Crippen LogP contribution >= 0.6 is 0 Å².